The number of benzene rings is 1. The maximum absolute atomic E-state index is 12.1. The molecule has 0 aliphatic carbocycles. The molecule has 0 bridgehead atoms. The van der Waals surface area contributed by atoms with Gasteiger partial charge in [-0.3, -0.25) is 9.59 Å². The summed E-state index contributed by atoms with van der Waals surface area (Å²) in [4.78, 5) is 22.7. The highest BCUT2D eigenvalue weighted by molar-refractivity contribution is 5.95. The zero-order valence-corrected chi connectivity index (χ0v) is 13.4. The second kappa shape index (κ2) is 8.26. The minimum absolute atomic E-state index is 0.00428. The Hall–Kier alpha value is -2.24. The first kappa shape index (κ1) is 17.8. The number of amides is 1. The summed E-state index contributed by atoms with van der Waals surface area (Å²) >= 11 is 0. The minimum atomic E-state index is -0.877. The van der Waals surface area contributed by atoms with Crippen LogP contribution in [0.4, 0.5) is 0 Å². The molecule has 0 saturated carbocycles. The van der Waals surface area contributed by atoms with E-state index in [0.29, 0.717) is 23.5 Å². The Bertz CT molecular complexity index is 527. The Morgan fingerprint density at radius 1 is 1.23 bits per heavy atom. The van der Waals surface area contributed by atoms with E-state index in [9.17, 15) is 9.59 Å². The third kappa shape index (κ3) is 5.63. The summed E-state index contributed by atoms with van der Waals surface area (Å²) in [5, 5.41) is 11.4. The van der Waals surface area contributed by atoms with E-state index in [1.165, 1.54) is 7.11 Å². The molecule has 0 aromatic heterocycles. The molecule has 6 nitrogen and oxygen atoms in total. The molecule has 6 heteroatoms. The Kier molecular flexibility index (Phi) is 6.69. The van der Waals surface area contributed by atoms with Crippen molar-refractivity contribution in [3.8, 4) is 11.5 Å². The number of carboxylic acid groups (broad SMARTS) is 1. The summed E-state index contributed by atoms with van der Waals surface area (Å²) in [6.07, 6.45) is 0.406. The SMILES string of the molecule is COc1cc(C(=O)NC(C)CCC(=O)O)ccc1OC(C)C. The first-order chi connectivity index (χ1) is 10.3. The number of rotatable bonds is 8. The van der Waals surface area contributed by atoms with Crippen LogP contribution in [0.25, 0.3) is 0 Å². The van der Waals surface area contributed by atoms with E-state index in [0.717, 1.165) is 0 Å². The smallest absolute Gasteiger partial charge is 0.303 e. The zero-order chi connectivity index (χ0) is 16.7. The number of aliphatic carboxylic acids is 1. The molecule has 0 heterocycles. The van der Waals surface area contributed by atoms with E-state index in [-0.39, 0.29) is 24.5 Å². The van der Waals surface area contributed by atoms with Crippen molar-refractivity contribution >= 4 is 11.9 Å². The molecular formula is C16H23NO5. The van der Waals surface area contributed by atoms with Gasteiger partial charge in [0.2, 0.25) is 0 Å². The van der Waals surface area contributed by atoms with Crippen molar-refractivity contribution in [2.45, 2.75) is 45.8 Å². The fourth-order valence-electron chi connectivity index (χ4n) is 1.88. The maximum atomic E-state index is 12.1. The number of carboxylic acids is 1. The summed E-state index contributed by atoms with van der Waals surface area (Å²) < 4.78 is 10.8. The van der Waals surface area contributed by atoms with Crippen LogP contribution in [0.1, 0.15) is 44.0 Å². The molecular weight excluding hydrogens is 286 g/mol. The highest BCUT2D eigenvalue weighted by Crippen LogP contribution is 2.29. The third-order valence-corrected chi connectivity index (χ3v) is 2.96. The van der Waals surface area contributed by atoms with Crippen molar-refractivity contribution in [1.82, 2.24) is 5.32 Å². The molecule has 122 valence electrons. The van der Waals surface area contributed by atoms with E-state index in [1.807, 2.05) is 13.8 Å². The summed E-state index contributed by atoms with van der Waals surface area (Å²) in [5.41, 5.74) is 0.440. The van der Waals surface area contributed by atoms with Gasteiger partial charge in [-0.2, -0.15) is 0 Å². The molecule has 0 aliphatic heterocycles. The number of nitrogens with one attached hydrogen (secondary N) is 1. The fourth-order valence-corrected chi connectivity index (χ4v) is 1.88. The molecule has 0 spiro atoms. The molecule has 0 fully saturated rings. The normalized spacial score (nSPS) is 11.9. The maximum Gasteiger partial charge on any atom is 0.303 e. The molecule has 1 unspecified atom stereocenters. The van der Waals surface area contributed by atoms with Crippen molar-refractivity contribution in [2.24, 2.45) is 0 Å². The van der Waals surface area contributed by atoms with Gasteiger partial charge in [-0.05, 0) is 45.4 Å². The highest BCUT2D eigenvalue weighted by atomic mass is 16.5. The van der Waals surface area contributed by atoms with Crippen LogP contribution in [0.15, 0.2) is 18.2 Å². The van der Waals surface area contributed by atoms with E-state index in [2.05, 4.69) is 5.32 Å². The number of carbonyl (C=O) groups is 2. The van der Waals surface area contributed by atoms with Gasteiger partial charge in [-0.15, -0.1) is 0 Å². The lowest BCUT2D eigenvalue weighted by Crippen LogP contribution is -2.32. The molecule has 0 aliphatic rings. The summed E-state index contributed by atoms with van der Waals surface area (Å²) in [7, 11) is 1.51. The van der Waals surface area contributed by atoms with Crippen LogP contribution in [0.2, 0.25) is 0 Å². The molecule has 1 rings (SSSR count). The molecule has 0 radical (unpaired) electrons. The summed E-state index contributed by atoms with van der Waals surface area (Å²) in [6, 6.07) is 4.73. The molecule has 22 heavy (non-hydrogen) atoms. The largest absolute Gasteiger partial charge is 0.493 e. The van der Waals surface area contributed by atoms with Gasteiger partial charge in [-0.1, -0.05) is 0 Å². The van der Waals surface area contributed by atoms with Gasteiger partial charge in [0.15, 0.2) is 11.5 Å². The second-order valence-electron chi connectivity index (χ2n) is 5.34. The van der Waals surface area contributed by atoms with Crippen LogP contribution in [0.5, 0.6) is 11.5 Å². The predicted octanol–water partition coefficient (Wildman–Crippen LogP) is 2.47. The van der Waals surface area contributed by atoms with Crippen molar-refractivity contribution in [3.05, 3.63) is 23.8 Å². The first-order valence-corrected chi connectivity index (χ1v) is 7.20. The lowest BCUT2D eigenvalue weighted by Gasteiger charge is -2.16. The lowest BCUT2D eigenvalue weighted by molar-refractivity contribution is -0.137. The molecule has 1 amide bonds. The lowest BCUT2D eigenvalue weighted by atomic mass is 10.1. The number of hydrogen-bond donors (Lipinski definition) is 2. The number of methoxy groups -OCH3 is 1. The Labute approximate surface area is 130 Å². The Balaban J connectivity index is 2.75. The molecule has 1 aromatic rings. The third-order valence-electron chi connectivity index (χ3n) is 2.96. The van der Waals surface area contributed by atoms with E-state index < -0.39 is 5.97 Å². The van der Waals surface area contributed by atoms with Crippen LogP contribution >= 0.6 is 0 Å². The van der Waals surface area contributed by atoms with Crippen LogP contribution in [0, 0.1) is 0 Å². The Morgan fingerprint density at radius 2 is 1.91 bits per heavy atom. The summed E-state index contributed by atoms with van der Waals surface area (Å²) in [6.45, 7) is 5.59. The number of ether oxygens (including phenoxy) is 2. The standard InChI is InChI=1S/C16H23NO5/c1-10(2)22-13-7-6-12(9-14(13)21-4)16(20)17-11(3)5-8-15(18)19/h6-7,9-11H,5,8H2,1-4H3,(H,17,20)(H,18,19). The highest BCUT2D eigenvalue weighted by Gasteiger charge is 2.14. The molecule has 0 saturated heterocycles. The van der Waals surface area contributed by atoms with Crippen LogP contribution in [0.3, 0.4) is 0 Å². The van der Waals surface area contributed by atoms with Crippen molar-refractivity contribution in [3.63, 3.8) is 0 Å². The number of carbonyl (C=O) groups excluding carboxylic acids is 1. The van der Waals surface area contributed by atoms with Gasteiger partial charge in [0.05, 0.1) is 13.2 Å². The van der Waals surface area contributed by atoms with E-state index in [4.69, 9.17) is 14.6 Å². The van der Waals surface area contributed by atoms with Gasteiger partial charge in [0.25, 0.3) is 5.91 Å². The van der Waals surface area contributed by atoms with Crippen LogP contribution in [-0.4, -0.2) is 36.2 Å². The summed E-state index contributed by atoms with van der Waals surface area (Å²) in [5.74, 6) is -0.0854. The van der Waals surface area contributed by atoms with E-state index >= 15 is 0 Å². The Morgan fingerprint density at radius 3 is 2.45 bits per heavy atom. The average molecular weight is 309 g/mol. The quantitative estimate of drug-likeness (QED) is 0.770. The monoisotopic (exact) mass is 309 g/mol. The van der Waals surface area contributed by atoms with Gasteiger partial charge in [-0.25, -0.2) is 0 Å². The molecule has 2 N–H and O–H groups in total. The van der Waals surface area contributed by atoms with Gasteiger partial charge in [0.1, 0.15) is 0 Å². The van der Waals surface area contributed by atoms with E-state index in [1.54, 1.807) is 25.1 Å². The molecule has 1 atom stereocenters. The number of hydrogen-bond acceptors (Lipinski definition) is 4. The van der Waals surface area contributed by atoms with Crippen molar-refractivity contribution < 1.29 is 24.2 Å². The topological polar surface area (TPSA) is 84.9 Å². The van der Waals surface area contributed by atoms with Crippen LogP contribution in [-0.2, 0) is 4.79 Å². The molecule has 1 aromatic carbocycles. The van der Waals surface area contributed by atoms with Crippen LogP contribution < -0.4 is 14.8 Å². The zero-order valence-electron chi connectivity index (χ0n) is 13.4. The minimum Gasteiger partial charge on any atom is -0.493 e. The first-order valence-electron chi connectivity index (χ1n) is 7.20. The predicted molar refractivity (Wildman–Crippen MR) is 82.6 cm³/mol. The fraction of sp³-hybridized carbons (Fsp3) is 0.500. The van der Waals surface area contributed by atoms with Crippen molar-refractivity contribution in [2.75, 3.05) is 7.11 Å². The van der Waals surface area contributed by atoms with Gasteiger partial charge >= 0.3 is 5.97 Å². The van der Waals surface area contributed by atoms with Crippen molar-refractivity contribution in [1.29, 1.82) is 0 Å². The average Bonchev–Trinajstić information content (AvgIpc) is 2.44. The van der Waals surface area contributed by atoms with Gasteiger partial charge in [0, 0.05) is 18.0 Å². The second-order valence-corrected chi connectivity index (χ2v) is 5.34. The van der Waals surface area contributed by atoms with Gasteiger partial charge < -0.3 is 19.9 Å².